The number of rotatable bonds is 5. The van der Waals surface area contributed by atoms with Gasteiger partial charge in [-0.05, 0) is 19.1 Å². The molecule has 3 aromatic rings. The van der Waals surface area contributed by atoms with Crippen LogP contribution in [0.4, 0.5) is 10.1 Å². The molecule has 3 heterocycles. The summed E-state index contributed by atoms with van der Waals surface area (Å²) >= 11 is 1.10. The molecule has 4 rings (SSSR count). The van der Waals surface area contributed by atoms with Crippen LogP contribution in [0.15, 0.2) is 40.3 Å². The minimum atomic E-state index is -3.94. The molecule has 0 radical (unpaired) electrons. The zero-order valence-corrected chi connectivity index (χ0v) is 18.1. The van der Waals surface area contributed by atoms with Crippen molar-refractivity contribution < 1.29 is 22.3 Å². The van der Waals surface area contributed by atoms with Gasteiger partial charge in [0.05, 0.1) is 30.6 Å². The number of hydrogen-bond acceptors (Lipinski definition) is 7. The summed E-state index contributed by atoms with van der Waals surface area (Å²) in [7, 11) is -3.94. The number of benzene rings is 1. The number of anilines is 1. The molecule has 0 aliphatic carbocycles. The number of hydrogen-bond donors (Lipinski definition) is 1. The third-order valence-corrected chi connectivity index (χ3v) is 8.04. The molecule has 12 heteroatoms. The maximum absolute atomic E-state index is 13.8. The number of aryl methyl sites for hydroxylation is 1. The Bertz CT molecular complexity index is 1310. The number of thiophene rings is 1. The first-order chi connectivity index (χ1) is 14.8. The Kier molecular flexibility index (Phi) is 5.88. The molecule has 1 aliphatic heterocycles. The quantitative estimate of drug-likeness (QED) is 0.611. The van der Waals surface area contributed by atoms with E-state index in [4.69, 9.17) is 4.74 Å². The average molecular weight is 467 g/mol. The fourth-order valence-electron chi connectivity index (χ4n) is 3.36. The van der Waals surface area contributed by atoms with Gasteiger partial charge in [-0.25, -0.2) is 17.8 Å². The number of sulfonamides is 1. The molecule has 31 heavy (non-hydrogen) atoms. The number of halogens is 1. The zero-order valence-electron chi connectivity index (χ0n) is 16.5. The highest BCUT2D eigenvalue weighted by molar-refractivity contribution is 7.89. The minimum absolute atomic E-state index is 0.0171. The molecule has 1 saturated heterocycles. The van der Waals surface area contributed by atoms with E-state index in [0.717, 1.165) is 15.9 Å². The van der Waals surface area contributed by atoms with Gasteiger partial charge in [0, 0.05) is 18.0 Å². The van der Waals surface area contributed by atoms with Gasteiger partial charge in [-0.3, -0.25) is 14.2 Å². The van der Waals surface area contributed by atoms with Crippen molar-refractivity contribution in [3.05, 3.63) is 51.6 Å². The highest BCUT2D eigenvalue weighted by Gasteiger charge is 2.32. The number of nitrogens with one attached hydrogen (secondary N) is 1. The molecule has 1 aliphatic rings. The van der Waals surface area contributed by atoms with Crippen molar-refractivity contribution in [2.45, 2.75) is 18.4 Å². The van der Waals surface area contributed by atoms with Crippen LogP contribution < -0.4 is 10.9 Å². The van der Waals surface area contributed by atoms with E-state index in [1.165, 1.54) is 28.8 Å². The van der Waals surface area contributed by atoms with Crippen molar-refractivity contribution in [3.8, 4) is 0 Å². The fourth-order valence-corrected chi connectivity index (χ4v) is 6.43. The highest BCUT2D eigenvalue weighted by atomic mass is 32.2. The Labute approximate surface area is 181 Å². The maximum Gasteiger partial charge on any atom is 0.263 e. The number of aromatic nitrogens is 2. The fraction of sp³-hybridized carbons (Fsp3) is 0.316. The molecule has 1 fully saturated rings. The van der Waals surface area contributed by atoms with Gasteiger partial charge in [-0.1, -0.05) is 12.1 Å². The molecule has 164 valence electrons. The van der Waals surface area contributed by atoms with Crippen LogP contribution in [0.2, 0.25) is 0 Å². The van der Waals surface area contributed by atoms with Gasteiger partial charge in [0.25, 0.3) is 5.56 Å². The topological polar surface area (TPSA) is 111 Å². The van der Waals surface area contributed by atoms with Gasteiger partial charge in [-0.15, -0.1) is 11.3 Å². The monoisotopic (exact) mass is 466 g/mol. The van der Waals surface area contributed by atoms with E-state index in [9.17, 15) is 22.4 Å². The number of carbonyl (C=O) groups excluding carboxylic acids is 1. The normalized spacial score (nSPS) is 15.3. The first-order valence-corrected chi connectivity index (χ1v) is 11.7. The van der Waals surface area contributed by atoms with Crippen LogP contribution in [0.3, 0.4) is 0 Å². The summed E-state index contributed by atoms with van der Waals surface area (Å²) in [5.41, 5.74) is -0.665. The van der Waals surface area contributed by atoms with Gasteiger partial charge in [-0.2, -0.15) is 4.31 Å². The second kappa shape index (κ2) is 8.46. The van der Waals surface area contributed by atoms with Crippen LogP contribution in [0.5, 0.6) is 0 Å². The van der Waals surface area contributed by atoms with E-state index in [-0.39, 0.29) is 47.1 Å². The number of ether oxygens (including phenoxy) is 1. The number of fused-ring (bicyclic) bond motifs is 1. The summed E-state index contributed by atoms with van der Waals surface area (Å²) in [5, 5.41) is 2.35. The highest BCUT2D eigenvalue weighted by Crippen LogP contribution is 2.33. The lowest BCUT2D eigenvalue weighted by atomic mass is 10.3. The number of amides is 1. The lowest BCUT2D eigenvalue weighted by molar-refractivity contribution is -0.116. The Morgan fingerprint density at radius 1 is 1.29 bits per heavy atom. The van der Waals surface area contributed by atoms with E-state index in [1.807, 2.05) is 0 Å². The molecule has 0 saturated carbocycles. The second-order valence-electron chi connectivity index (χ2n) is 6.89. The molecular weight excluding hydrogens is 447 g/mol. The second-order valence-corrected chi connectivity index (χ2v) is 9.97. The number of morpholine rings is 1. The summed E-state index contributed by atoms with van der Waals surface area (Å²) in [6.45, 7) is 2.12. The van der Waals surface area contributed by atoms with Crippen molar-refractivity contribution in [2.75, 3.05) is 31.6 Å². The smallest absolute Gasteiger partial charge is 0.263 e. The van der Waals surface area contributed by atoms with E-state index >= 15 is 0 Å². The molecular formula is C19H19FN4O5S2. The summed E-state index contributed by atoms with van der Waals surface area (Å²) in [6, 6.07) is 5.65. The van der Waals surface area contributed by atoms with Crippen LogP contribution in [0, 0.1) is 12.7 Å². The van der Waals surface area contributed by atoms with Gasteiger partial charge in [0.2, 0.25) is 15.9 Å². The zero-order chi connectivity index (χ0) is 22.2. The molecule has 2 aromatic heterocycles. The maximum atomic E-state index is 13.8. The van der Waals surface area contributed by atoms with Crippen molar-refractivity contribution in [1.82, 2.24) is 13.9 Å². The third-order valence-electron chi connectivity index (χ3n) is 4.83. The van der Waals surface area contributed by atoms with Crippen LogP contribution in [0.25, 0.3) is 10.2 Å². The Morgan fingerprint density at radius 3 is 2.71 bits per heavy atom. The van der Waals surface area contributed by atoms with Crippen molar-refractivity contribution >= 4 is 43.2 Å². The number of carbonyl (C=O) groups is 1. The lowest BCUT2D eigenvalue weighted by Crippen LogP contribution is -2.41. The summed E-state index contributed by atoms with van der Waals surface area (Å²) in [4.78, 5) is 30.3. The number of nitrogens with zero attached hydrogens (tertiary/aromatic N) is 3. The van der Waals surface area contributed by atoms with E-state index < -0.39 is 33.9 Å². The van der Waals surface area contributed by atoms with Crippen molar-refractivity contribution in [3.63, 3.8) is 0 Å². The van der Waals surface area contributed by atoms with Gasteiger partial charge < -0.3 is 10.1 Å². The molecule has 0 bridgehead atoms. The lowest BCUT2D eigenvalue weighted by Gasteiger charge is -2.26. The van der Waals surface area contributed by atoms with Crippen LogP contribution in [-0.2, 0) is 26.1 Å². The Hall–Kier alpha value is -2.67. The first kappa shape index (κ1) is 21.6. The van der Waals surface area contributed by atoms with E-state index in [1.54, 1.807) is 13.0 Å². The summed E-state index contributed by atoms with van der Waals surface area (Å²) < 4.78 is 47.7. The minimum Gasteiger partial charge on any atom is -0.379 e. The standard InChI is InChI=1S/C19H19FN4O5S2/c1-12-17(31(27,28)24-6-8-29-9-7-24)16-18(30-12)21-11-23(19(16)26)10-15(25)22-14-5-3-2-4-13(14)20/h2-5,11H,6-10H2,1H3,(H,22,25). The first-order valence-electron chi connectivity index (χ1n) is 9.40. The predicted molar refractivity (Wildman–Crippen MR) is 113 cm³/mol. The molecule has 0 atom stereocenters. The Balaban J connectivity index is 1.70. The molecule has 1 amide bonds. The van der Waals surface area contributed by atoms with Gasteiger partial charge in [0.1, 0.15) is 22.1 Å². The molecule has 9 nitrogen and oxygen atoms in total. The molecule has 0 spiro atoms. The van der Waals surface area contributed by atoms with Crippen LogP contribution >= 0.6 is 11.3 Å². The number of para-hydroxylation sites is 1. The summed E-state index contributed by atoms with van der Waals surface area (Å²) in [6.07, 6.45) is 1.19. The van der Waals surface area contributed by atoms with Gasteiger partial charge in [0.15, 0.2) is 0 Å². The largest absolute Gasteiger partial charge is 0.379 e. The summed E-state index contributed by atoms with van der Waals surface area (Å²) in [5.74, 6) is -1.25. The van der Waals surface area contributed by atoms with E-state index in [2.05, 4.69) is 10.3 Å². The van der Waals surface area contributed by atoms with Crippen LogP contribution in [-0.4, -0.2) is 54.5 Å². The molecule has 1 N–H and O–H groups in total. The molecule has 1 aromatic carbocycles. The third kappa shape index (κ3) is 4.11. The van der Waals surface area contributed by atoms with Crippen LogP contribution in [0.1, 0.15) is 4.88 Å². The van der Waals surface area contributed by atoms with Crippen molar-refractivity contribution in [1.29, 1.82) is 0 Å². The predicted octanol–water partition coefficient (Wildman–Crippen LogP) is 1.57. The van der Waals surface area contributed by atoms with Crippen molar-refractivity contribution in [2.24, 2.45) is 0 Å². The molecule has 0 unspecified atom stereocenters. The van der Waals surface area contributed by atoms with E-state index in [0.29, 0.717) is 4.88 Å². The average Bonchev–Trinajstić information content (AvgIpc) is 3.10. The van der Waals surface area contributed by atoms with Gasteiger partial charge >= 0.3 is 0 Å². The Morgan fingerprint density at radius 2 is 2.00 bits per heavy atom. The SMILES string of the molecule is Cc1sc2ncn(CC(=O)Nc3ccccc3F)c(=O)c2c1S(=O)(=O)N1CCOCC1.